The van der Waals surface area contributed by atoms with Crippen molar-refractivity contribution in [2.24, 2.45) is 0 Å². The van der Waals surface area contributed by atoms with Gasteiger partial charge in [0.2, 0.25) is 10.0 Å². The Kier molecular flexibility index (Phi) is 6.66. The van der Waals surface area contributed by atoms with Gasteiger partial charge in [0.25, 0.3) is 0 Å². The van der Waals surface area contributed by atoms with Crippen LogP contribution in [0, 0.1) is 18.8 Å². The van der Waals surface area contributed by atoms with Crippen LogP contribution < -0.4 is 4.74 Å². The molecule has 4 rings (SSSR count). The summed E-state index contributed by atoms with van der Waals surface area (Å²) in [6.45, 7) is 1.95. The second kappa shape index (κ2) is 9.63. The van der Waals surface area contributed by atoms with Gasteiger partial charge in [-0.05, 0) is 54.5 Å². The number of hydrogen-bond acceptors (Lipinski definition) is 4. The van der Waals surface area contributed by atoms with Crippen molar-refractivity contribution in [3.63, 3.8) is 0 Å². The Morgan fingerprint density at radius 2 is 1.61 bits per heavy atom. The van der Waals surface area contributed by atoms with Gasteiger partial charge in [0, 0.05) is 24.2 Å². The molecule has 6 heteroatoms. The van der Waals surface area contributed by atoms with E-state index in [0.717, 1.165) is 16.7 Å². The highest BCUT2D eigenvalue weighted by atomic mass is 32.2. The topological polar surface area (TPSA) is 66.8 Å². The summed E-state index contributed by atoms with van der Waals surface area (Å²) >= 11 is 0. The average molecular weight is 460 g/mol. The largest absolute Gasteiger partial charge is 0.497 e. The van der Waals surface area contributed by atoms with Gasteiger partial charge in [-0.25, -0.2) is 8.42 Å². The van der Waals surface area contributed by atoms with Crippen LogP contribution in [0.5, 0.6) is 5.75 Å². The minimum atomic E-state index is -3.79. The highest BCUT2D eigenvalue weighted by molar-refractivity contribution is 7.89. The fourth-order valence-corrected chi connectivity index (χ4v) is 5.13. The number of sulfonamides is 1. The molecule has 3 aromatic carbocycles. The minimum Gasteiger partial charge on any atom is -0.497 e. The molecule has 5 nitrogen and oxygen atoms in total. The normalized spacial score (nSPS) is 16.8. The van der Waals surface area contributed by atoms with E-state index >= 15 is 0 Å². The van der Waals surface area contributed by atoms with E-state index in [1.165, 1.54) is 4.31 Å². The fourth-order valence-electron chi connectivity index (χ4n) is 3.71. The van der Waals surface area contributed by atoms with E-state index in [9.17, 15) is 13.5 Å². The quantitative estimate of drug-likeness (QED) is 0.602. The number of aryl methyl sites for hydroxylation is 1. The Hall–Kier alpha value is -3.37. The number of rotatable bonds is 4. The van der Waals surface area contributed by atoms with Crippen molar-refractivity contribution in [1.29, 1.82) is 0 Å². The van der Waals surface area contributed by atoms with Crippen LogP contribution in [-0.4, -0.2) is 44.1 Å². The van der Waals surface area contributed by atoms with E-state index in [-0.39, 0.29) is 18.0 Å². The van der Waals surface area contributed by atoms with E-state index in [2.05, 4.69) is 11.8 Å². The van der Waals surface area contributed by atoms with Crippen LogP contribution in [-0.2, 0) is 10.0 Å². The molecule has 1 aliphatic heterocycles. The smallest absolute Gasteiger partial charge is 0.243 e. The summed E-state index contributed by atoms with van der Waals surface area (Å²) in [6.07, 6.45) is -1.05. The number of methoxy groups -OCH3 is 1. The molecule has 3 aromatic rings. The maximum atomic E-state index is 13.3. The number of aliphatic hydroxyl groups is 1. The standard InChI is InChI=1S/C27H25NO4S/c1-20-8-15-24(16-9-20)33(30,31)28-18-26(22-11-13-23(32-2)14-12-22)25(27(29)19-28)17-10-21-6-4-3-5-7-21/h3-9,11-16,27,29H,18-19H2,1-2H3. The Labute approximate surface area is 195 Å². The molecule has 0 spiro atoms. The van der Waals surface area contributed by atoms with Gasteiger partial charge in [-0.3, -0.25) is 0 Å². The molecule has 1 unspecified atom stereocenters. The molecular weight excluding hydrogens is 434 g/mol. The summed E-state index contributed by atoms with van der Waals surface area (Å²) in [7, 11) is -2.20. The number of aliphatic hydroxyl groups excluding tert-OH is 1. The Morgan fingerprint density at radius 3 is 2.24 bits per heavy atom. The summed E-state index contributed by atoms with van der Waals surface area (Å²) in [5, 5.41) is 11.0. The molecular formula is C27H25NO4S. The third-order valence-electron chi connectivity index (χ3n) is 5.58. The summed E-state index contributed by atoms with van der Waals surface area (Å²) in [4.78, 5) is 0.202. The summed E-state index contributed by atoms with van der Waals surface area (Å²) in [5.41, 5.74) is 3.79. The summed E-state index contributed by atoms with van der Waals surface area (Å²) in [6, 6.07) is 23.6. The van der Waals surface area contributed by atoms with Gasteiger partial charge in [-0.2, -0.15) is 4.31 Å². The molecule has 0 saturated carbocycles. The first-order chi connectivity index (χ1) is 15.9. The molecule has 1 heterocycles. The van der Waals surface area contributed by atoms with Crippen molar-refractivity contribution in [1.82, 2.24) is 4.31 Å². The van der Waals surface area contributed by atoms with Gasteiger partial charge in [0.05, 0.1) is 12.0 Å². The zero-order chi connectivity index (χ0) is 23.4. The van der Waals surface area contributed by atoms with Crippen LogP contribution >= 0.6 is 0 Å². The van der Waals surface area contributed by atoms with E-state index in [0.29, 0.717) is 16.9 Å². The molecule has 0 aliphatic carbocycles. The molecule has 0 saturated heterocycles. The van der Waals surface area contributed by atoms with Crippen molar-refractivity contribution in [2.45, 2.75) is 17.9 Å². The van der Waals surface area contributed by atoms with Crippen LogP contribution in [0.1, 0.15) is 16.7 Å². The third kappa shape index (κ3) is 5.01. The Bertz CT molecular complexity index is 1320. The van der Waals surface area contributed by atoms with Gasteiger partial charge >= 0.3 is 0 Å². The van der Waals surface area contributed by atoms with Crippen LogP contribution in [0.2, 0.25) is 0 Å². The highest BCUT2D eigenvalue weighted by Crippen LogP contribution is 2.31. The van der Waals surface area contributed by atoms with Crippen LogP contribution in [0.15, 0.2) is 89.3 Å². The van der Waals surface area contributed by atoms with Gasteiger partial charge in [0.1, 0.15) is 11.9 Å². The molecule has 1 atom stereocenters. The Morgan fingerprint density at radius 1 is 0.939 bits per heavy atom. The molecule has 0 radical (unpaired) electrons. The predicted octanol–water partition coefficient (Wildman–Crippen LogP) is 3.87. The number of hydrogen-bond donors (Lipinski definition) is 1. The van der Waals surface area contributed by atoms with Gasteiger partial charge < -0.3 is 9.84 Å². The van der Waals surface area contributed by atoms with E-state index in [1.54, 1.807) is 31.4 Å². The molecule has 0 bridgehead atoms. The lowest BCUT2D eigenvalue weighted by Gasteiger charge is -2.32. The monoisotopic (exact) mass is 459 g/mol. The highest BCUT2D eigenvalue weighted by Gasteiger charge is 2.34. The first-order valence-electron chi connectivity index (χ1n) is 10.6. The van der Waals surface area contributed by atoms with Crippen molar-refractivity contribution >= 4 is 15.6 Å². The first kappa shape index (κ1) is 22.8. The number of β-amino-alcohol motifs (C(OH)–C–C–N with tert-alkyl or cyclic N) is 1. The summed E-state index contributed by atoms with van der Waals surface area (Å²) < 4.78 is 33.3. The molecule has 0 fully saturated rings. The van der Waals surface area contributed by atoms with E-state index in [1.807, 2.05) is 61.5 Å². The lowest BCUT2D eigenvalue weighted by atomic mass is 9.93. The minimum absolute atomic E-state index is 0.0608. The van der Waals surface area contributed by atoms with Crippen LogP contribution in [0.3, 0.4) is 0 Å². The van der Waals surface area contributed by atoms with Gasteiger partial charge in [0.15, 0.2) is 0 Å². The maximum Gasteiger partial charge on any atom is 0.243 e. The zero-order valence-corrected chi connectivity index (χ0v) is 19.3. The molecule has 0 amide bonds. The van der Waals surface area contributed by atoms with E-state index < -0.39 is 16.1 Å². The third-order valence-corrected chi connectivity index (χ3v) is 7.41. The Balaban J connectivity index is 1.78. The van der Waals surface area contributed by atoms with Crippen molar-refractivity contribution in [2.75, 3.05) is 20.2 Å². The fraction of sp³-hybridized carbons (Fsp3) is 0.185. The van der Waals surface area contributed by atoms with Crippen molar-refractivity contribution < 1.29 is 18.3 Å². The van der Waals surface area contributed by atoms with Crippen LogP contribution in [0.4, 0.5) is 0 Å². The first-order valence-corrected chi connectivity index (χ1v) is 12.0. The number of benzene rings is 3. The second-order valence-electron chi connectivity index (χ2n) is 7.86. The number of ether oxygens (including phenoxy) is 1. The van der Waals surface area contributed by atoms with Gasteiger partial charge in [-0.15, -0.1) is 0 Å². The average Bonchev–Trinajstić information content (AvgIpc) is 2.84. The zero-order valence-electron chi connectivity index (χ0n) is 18.5. The second-order valence-corrected chi connectivity index (χ2v) is 9.80. The molecule has 33 heavy (non-hydrogen) atoms. The lowest BCUT2D eigenvalue weighted by molar-refractivity contribution is 0.179. The molecule has 0 aromatic heterocycles. The maximum absolute atomic E-state index is 13.3. The molecule has 1 N–H and O–H groups in total. The number of nitrogens with zero attached hydrogens (tertiary/aromatic N) is 1. The van der Waals surface area contributed by atoms with Crippen LogP contribution in [0.25, 0.3) is 5.57 Å². The van der Waals surface area contributed by atoms with Crippen molar-refractivity contribution in [3.8, 4) is 17.6 Å². The predicted molar refractivity (Wildman–Crippen MR) is 129 cm³/mol. The summed E-state index contributed by atoms with van der Waals surface area (Å²) in [5.74, 6) is 6.90. The lowest BCUT2D eigenvalue weighted by Crippen LogP contribution is -2.43. The molecule has 1 aliphatic rings. The molecule has 168 valence electrons. The van der Waals surface area contributed by atoms with Gasteiger partial charge in [-0.1, -0.05) is 59.9 Å². The SMILES string of the molecule is COc1ccc(C2=C(C#Cc3ccccc3)C(O)CN(S(=O)(=O)c3ccc(C)cc3)C2)cc1. The van der Waals surface area contributed by atoms with Crippen molar-refractivity contribution in [3.05, 3.63) is 101 Å². The van der Waals surface area contributed by atoms with E-state index in [4.69, 9.17) is 4.74 Å².